The van der Waals surface area contributed by atoms with Gasteiger partial charge in [-0.05, 0) is 54.7 Å². The predicted molar refractivity (Wildman–Crippen MR) is 162 cm³/mol. The van der Waals surface area contributed by atoms with Gasteiger partial charge < -0.3 is 29.7 Å². The first-order valence-electron chi connectivity index (χ1n) is 13.7. The lowest BCUT2D eigenvalue weighted by Gasteiger charge is -2.30. The van der Waals surface area contributed by atoms with Crippen LogP contribution in [0, 0.1) is 13.8 Å². The van der Waals surface area contributed by atoms with Crippen molar-refractivity contribution in [2.45, 2.75) is 52.6 Å². The second-order valence-electron chi connectivity index (χ2n) is 10.7. The van der Waals surface area contributed by atoms with Gasteiger partial charge in [0, 0.05) is 50.4 Å². The second-order valence-corrected chi connectivity index (χ2v) is 10.7. The summed E-state index contributed by atoms with van der Waals surface area (Å²) in [6.07, 6.45) is 1.56. The maximum absolute atomic E-state index is 13.7. The molecule has 0 bridgehead atoms. The molecule has 0 aliphatic heterocycles. The average molecular weight is 585 g/mol. The zero-order valence-corrected chi connectivity index (χ0v) is 25.5. The summed E-state index contributed by atoms with van der Waals surface area (Å²) in [7, 11) is 3.50. The summed E-state index contributed by atoms with van der Waals surface area (Å²) in [5, 5.41) is 10.3. The number of fused-ring (bicyclic) bond motifs is 1. The van der Waals surface area contributed by atoms with E-state index < -0.39 is 0 Å². The smallest absolute Gasteiger partial charge is 0.242 e. The standard InChI is InChI=1S/C30H40N6O4.ClH/c1-19(2)31-11-12-32-28(37)17-36(27-16-23(8-7-20(27)3)30-33-21(4)40-34-30)18-29(38)35(5)25-13-22-9-10-26(39-6)15-24(22)14-25;/h7-10,15-16,19,25,31H,11-14,17-18H2,1-6H3,(H,32,37);1H. The molecular formula is C30H41ClN6O4. The molecule has 2 amide bonds. The number of amides is 2. The van der Waals surface area contributed by atoms with E-state index in [1.807, 2.05) is 54.1 Å². The normalized spacial score (nSPS) is 13.9. The van der Waals surface area contributed by atoms with Gasteiger partial charge in [-0.2, -0.15) is 4.98 Å². The summed E-state index contributed by atoms with van der Waals surface area (Å²) in [4.78, 5) is 34.6. The Morgan fingerprint density at radius 2 is 1.83 bits per heavy atom. The van der Waals surface area contributed by atoms with Crippen LogP contribution < -0.4 is 20.3 Å². The molecule has 1 aliphatic carbocycles. The van der Waals surface area contributed by atoms with E-state index in [-0.39, 0.29) is 43.4 Å². The molecule has 10 nitrogen and oxygen atoms in total. The summed E-state index contributed by atoms with van der Waals surface area (Å²) < 4.78 is 10.5. The van der Waals surface area contributed by atoms with Crippen LogP contribution in [0.3, 0.4) is 0 Å². The zero-order valence-electron chi connectivity index (χ0n) is 24.7. The van der Waals surface area contributed by atoms with Gasteiger partial charge in [0.2, 0.25) is 23.5 Å². The lowest BCUT2D eigenvalue weighted by Crippen LogP contribution is -2.47. The first-order chi connectivity index (χ1) is 19.1. The van der Waals surface area contributed by atoms with Crippen molar-refractivity contribution >= 4 is 29.9 Å². The molecular weight excluding hydrogens is 544 g/mol. The van der Waals surface area contributed by atoms with E-state index in [2.05, 4.69) is 40.7 Å². The number of hydrogen-bond donors (Lipinski definition) is 2. The number of carbonyl (C=O) groups is 2. The van der Waals surface area contributed by atoms with Crippen molar-refractivity contribution in [3.63, 3.8) is 0 Å². The molecule has 0 radical (unpaired) electrons. The number of methoxy groups -OCH3 is 1. The van der Waals surface area contributed by atoms with Gasteiger partial charge in [0.1, 0.15) is 5.75 Å². The molecule has 1 aliphatic rings. The zero-order chi connectivity index (χ0) is 28.8. The molecule has 1 heterocycles. The van der Waals surface area contributed by atoms with E-state index in [0.717, 1.165) is 35.4 Å². The molecule has 0 fully saturated rings. The number of likely N-dealkylation sites (N-methyl/N-ethyl adjacent to an activating group) is 1. The fourth-order valence-electron chi connectivity index (χ4n) is 4.97. The van der Waals surface area contributed by atoms with E-state index >= 15 is 0 Å². The molecule has 3 aromatic rings. The van der Waals surface area contributed by atoms with Crippen molar-refractivity contribution in [1.82, 2.24) is 25.7 Å². The van der Waals surface area contributed by atoms with Crippen LogP contribution in [0.2, 0.25) is 0 Å². The molecule has 1 atom stereocenters. The summed E-state index contributed by atoms with van der Waals surface area (Å²) in [6.45, 7) is 9.10. The first kappa shape index (κ1) is 31.9. The lowest BCUT2D eigenvalue weighted by atomic mass is 10.1. The Bertz CT molecular complexity index is 1340. The van der Waals surface area contributed by atoms with Gasteiger partial charge in [-0.3, -0.25) is 9.59 Å². The Kier molecular flexibility index (Phi) is 11.1. The van der Waals surface area contributed by atoms with Gasteiger partial charge in [0.15, 0.2) is 0 Å². The van der Waals surface area contributed by atoms with Crippen LogP contribution in [0.1, 0.15) is 36.4 Å². The van der Waals surface area contributed by atoms with Gasteiger partial charge >= 0.3 is 0 Å². The lowest BCUT2D eigenvalue weighted by molar-refractivity contribution is -0.130. The topological polar surface area (TPSA) is 113 Å². The molecule has 0 spiro atoms. The summed E-state index contributed by atoms with van der Waals surface area (Å²) in [5.74, 6) is 1.54. The SMILES string of the molecule is COc1ccc2c(c1)CC(N(C)C(=O)CN(CC(=O)NCCNC(C)C)c1cc(-c3noc(C)n3)ccc1C)C2.Cl. The Hall–Kier alpha value is -3.63. The second kappa shape index (κ2) is 14.3. The number of nitrogens with one attached hydrogen (secondary N) is 2. The highest BCUT2D eigenvalue weighted by atomic mass is 35.5. The molecule has 2 aromatic carbocycles. The molecule has 41 heavy (non-hydrogen) atoms. The minimum Gasteiger partial charge on any atom is -0.497 e. The Labute approximate surface area is 248 Å². The van der Waals surface area contributed by atoms with Crippen molar-refractivity contribution in [1.29, 1.82) is 0 Å². The number of carbonyl (C=O) groups excluding carboxylic acids is 2. The number of aryl methyl sites for hydroxylation is 2. The minimum absolute atomic E-state index is 0. The third-order valence-corrected chi connectivity index (χ3v) is 7.26. The molecule has 11 heteroatoms. The molecule has 0 saturated carbocycles. The number of rotatable bonds is 12. The van der Waals surface area contributed by atoms with E-state index in [4.69, 9.17) is 9.26 Å². The Morgan fingerprint density at radius 1 is 1.07 bits per heavy atom. The third-order valence-electron chi connectivity index (χ3n) is 7.26. The monoisotopic (exact) mass is 584 g/mol. The number of aromatic nitrogens is 2. The summed E-state index contributed by atoms with van der Waals surface area (Å²) in [5.41, 5.74) is 4.90. The number of benzene rings is 2. The fourth-order valence-corrected chi connectivity index (χ4v) is 4.97. The predicted octanol–water partition coefficient (Wildman–Crippen LogP) is 3.33. The number of halogens is 1. The fraction of sp³-hybridized carbons (Fsp3) is 0.467. The van der Waals surface area contributed by atoms with Crippen LogP contribution in [-0.2, 0) is 22.4 Å². The molecule has 2 N–H and O–H groups in total. The van der Waals surface area contributed by atoms with Crippen molar-refractivity contribution in [3.8, 4) is 17.1 Å². The van der Waals surface area contributed by atoms with Crippen molar-refractivity contribution in [3.05, 3.63) is 59.0 Å². The Balaban J connectivity index is 0.00000462. The number of anilines is 1. The maximum Gasteiger partial charge on any atom is 0.242 e. The largest absolute Gasteiger partial charge is 0.497 e. The molecule has 1 aromatic heterocycles. The number of hydrogen-bond acceptors (Lipinski definition) is 8. The van der Waals surface area contributed by atoms with E-state index in [9.17, 15) is 9.59 Å². The van der Waals surface area contributed by atoms with Crippen molar-refractivity contribution in [2.75, 3.05) is 45.2 Å². The van der Waals surface area contributed by atoms with Crippen LogP contribution in [0.5, 0.6) is 5.75 Å². The number of ether oxygens (including phenoxy) is 1. The van der Waals surface area contributed by atoms with Gasteiger partial charge in [0.25, 0.3) is 0 Å². The van der Waals surface area contributed by atoms with E-state index in [1.165, 1.54) is 11.1 Å². The van der Waals surface area contributed by atoms with Gasteiger partial charge in [-0.25, -0.2) is 0 Å². The van der Waals surface area contributed by atoms with Gasteiger partial charge in [-0.15, -0.1) is 12.4 Å². The number of nitrogens with zero attached hydrogens (tertiary/aromatic N) is 4. The van der Waals surface area contributed by atoms with Crippen molar-refractivity contribution < 1.29 is 18.8 Å². The minimum atomic E-state index is -0.151. The van der Waals surface area contributed by atoms with Crippen LogP contribution in [0.15, 0.2) is 40.9 Å². The summed E-state index contributed by atoms with van der Waals surface area (Å²) in [6, 6.07) is 12.2. The Morgan fingerprint density at radius 3 is 2.51 bits per heavy atom. The van der Waals surface area contributed by atoms with Crippen LogP contribution in [-0.4, -0.2) is 79.3 Å². The first-order valence-corrected chi connectivity index (χ1v) is 13.7. The highest BCUT2D eigenvalue weighted by Gasteiger charge is 2.29. The molecule has 4 rings (SSSR count). The van der Waals surface area contributed by atoms with Crippen molar-refractivity contribution in [2.24, 2.45) is 0 Å². The highest BCUT2D eigenvalue weighted by molar-refractivity contribution is 5.87. The average Bonchev–Trinajstić information content (AvgIpc) is 3.56. The third kappa shape index (κ3) is 8.20. The van der Waals surface area contributed by atoms with E-state index in [1.54, 1.807) is 14.0 Å². The maximum atomic E-state index is 13.7. The molecule has 0 saturated heterocycles. The summed E-state index contributed by atoms with van der Waals surface area (Å²) >= 11 is 0. The quantitative estimate of drug-likeness (QED) is 0.312. The molecule has 222 valence electrons. The van der Waals surface area contributed by atoms with Gasteiger partial charge in [-0.1, -0.05) is 37.2 Å². The highest BCUT2D eigenvalue weighted by Crippen LogP contribution is 2.30. The molecule has 1 unspecified atom stereocenters. The van der Waals surface area contributed by atoms with Gasteiger partial charge in [0.05, 0.1) is 20.2 Å². The van der Waals surface area contributed by atoms with Crippen LogP contribution >= 0.6 is 12.4 Å². The van der Waals surface area contributed by atoms with Crippen LogP contribution in [0.4, 0.5) is 5.69 Å². The van der Waals surface area contributed by atoms with Crippen LogP contribution in [0.25, 0.3) is 11.4 Å². The van der Waals surface area contributed by atoms with E-state index in [0.29, 0.717) is 30.8 Å².